The Hall–Kier alpha value is -7.40. The van der Waals surface area contributed by atoms with Gasteiger partial charge in [0.1, 0.15) is 5.58 Å². The number of hydrogen-bond donors (Lipinski definition) is 0. The summed E-state index contributed by atoms with van der Waals surface area (Å²) in [5.41, 5.74) is 13.2. The van der Waals surface area contributed by atoms with Crippen LogP contribution in [0.4, 0.5) is 17.1 Å². The van der Waals surface area contributed by atoms with Gasteiger partial charge in [-0.2, -0.15) is 0 Å². The summed E-state index contributed by atoms with van der Waals surface area (Å²) in [6, 6.07) is 74.2. The van der Waals surface area contributed by atoms with Crippen molar-refractivity contribution >= 4 is 92.3 Å². The number of hydrogen-bond acceptors (Lipinski definition) is 3. The van der Waals surface area contributed by atoms with Crippen molar-refractivity contribution in [2.24, 2.45) is 0 Å². The van der Waals surface area contributed by atoms with E-state index in [0.29, 0.717) is 0 Å². The van der Waals surface area contributed by atoms with Crippen LogP contribution in [0.3, 0.4) is 0 Å². The average molecular weight is 759 g/mol. The Morgan fingerprint density at radius 2 is 0.966 bits per heavy atom. The summed E-state index contributed by atoms with van der Waals surface area (Å²) in [6.07, 6.45) is 0. The molecule has 12 aromatic rings. The van der Waals surface area contributed by atoms with Crippen LogP contribution in [0.1, 0.15) is 0 Å². The van der Waals surface area contributed by atoms with Gasteiger partial charge in [-0.15, -0.1) is 11.3 Å². The molecule has 0 aliphatic rings. The Bertz CT molecular complexity index is 3450. The molecule has 0 bridgehead atoms. The van der Waals surface area contributed by atoms with E-state index in [2.05, 4.69) is 216 Å². The zero-order chi connectivity index (χ0) is 38.2. The zero-order valence-corrected chi connectivity index (χ0v) is 32.2. The third-order valence-corrected chi connectivity index (χ3v) is 12.9. The van der Waals surface area contributed by atoms with Crippen LogP contribution in [0.5, 0.6) is 0 Å². The van der Waals surface area contributed by atoms with E-state index in [0.717, 1.165) is 55.7 Å². The van der Waals surface area contributed by atoms with Crippen LogP contribution in [-0.4, -0.2) is 4.57 Å². The van der Waals surface area contributed by atoms with Gasteiger partial charge in [0.2, 0.25) is 0 Å². The molecule has 0 fully saturated rings. The fourth-order valence-electron chi connectivity index (χ4n) is 8.96. The quantitative estimate of drug-likeness (QED) is 0.168. The summed E-state index contributed by atoms with van der Waals surface area (Å²) in [5.74, 6) is 0. The fraction of sp³-hybridized carbons (Fsp3) is 0. The van der Waals surface area contributed by atoms with Crippen molar-refractivity contribution in [3.05, 3.63) is 206 Å². The van der Waals surface area contributed by atoms with Gasteiger partial charge in [-0.1, -0.05) is 152 Å². The molecule has 0 amide bonds. The second kappa shape index (κ2) is 13.1. The van der Waals surface area contributed by atoms with Gasteiger partial charge in [0.25, 0.3) is 0 Å². The lowest BCUT2D eigenvalue weighted by atomic mass is 10.0. The fourth-order valence-corrected chi connectivity index (χ4v) is 10.3. The molecule has 0 atom stereocenters. The molecular weight excluding hydrogens is 725 g/mol. The molecule has 3 aromatic heterocycles. The molecule has 0 saturated carbocycles. The molecule has 0 saturated heterocycles. The van der Waals surface area contributed by atoms with Crippen LogP contribution in [0.25, 0.3) is 91.9 Å². The first-order valence-electron chi connectivity index (χ1n) is 19.7. The van der Waals surface area contributed by atoms with Crippen molar-refractivity contribution in [2.45, 2.75) is 0 Å². The minimum Gasteiger partial charge on any atom is -0.454 e. The maximum atomic E-state index is 7.00. The van der Waals surface area contributed by atoms with Gasteiger partial charge in [-0.25, -0.2) is 0 Å². The number of benzene rings is 9. The maximum Gasteiger partial charge on any atom is 0.159 e. The van der Waals surface area contributed by atoms with Crippen molar-refractivity contribution in [1.82, 2.24) is 4.57 Å². The molecule has 4 heteroatoms. The van der Waals surface area contributed by atoms with E-state index in [-0.39, 0.29) is 0 Å². The topological polar surface area (TPSA) is 21.3 Å². The molecule has 0 unspecified atom stereocenters. The first-order valence-corrected chi connectivity index (χ1v) is 20.5. The summed E-state index contributed by atoms with van der Waals surface area (Å²) in [4.78, 5) is 2.40. The predicted octanol–water partition coefficient (Wildman–Crippen LogP) is 15.9. The first kappa shape index (κ1) is 32.8. The third kappa shape index (κ3) is 5.05. The molecule has 0 aliphatic heterocycles. The molecule has 3 nitrogen and oxygen atoms in total. The number of nitrogens with zero attached hydrogens (tertiary/aromatic N) is 2. The van der Waals surface area contributed by atoms with Crippen molar-refractivity contribution in [3.63, 3.8) is 0 Å². The summed E-state index contributed by atoms with van der Waals surface area (Å²) < 4.78 is 11.9. The van der Waals surface area contributed by atoms with E-state index in [4.69, 9.17) is 4.42 Å². The highest BCUT2D eigenvalue weighted by atomic mass is 32.1. The minimum absolute atomic E-state index is 0.849. The van der Waals surface area contributed by atoms with E-state index < -0.39 is 0 Å². The highest BCUT2D eigenvalue weighted by Gasteiger charge is 2.22. The molecule has 58 heavy (non-hydrogen) atoms. The van der Waals surface area contributed by atoms with E-state index in [1.54, 1.807) is 0 Å². The highest BCUT2D eigenvalue weighted by molar-refractivity contribution is 7.27. The lowest BCUT2D eigenvalue weighted by molar-refractivity contribution is 0.666. The van der Waals surface area contributed by atoms with E-state index in [9.17, 15) is 0 Å². The van der Waals surface area contributed by atoms with Crippen LogP contribution >= 0.6 is 11.3 Å². The summed E-state index contributed by atoms with van der Waals surface area (Å²) in [7, 11) is 0. The number of thiophene rings is 1. The molecule has 0 N–H and O–H groups in total. The second-order valence-electron chi connectivity index (χ2n) is 14.9. The molecule has 0 spiro atoms. The average Bonchev–Trinajstić information content (AvgIpc) is 3.97. The predicted molar refractivity (Wildman–Crippen MR) is 247 cm³/mol. The van der Waals surface area contributed by atoms with Crippen LogP contribution in [0, 0.1) is 0 Å². The van der Waals surface area contributed by atoms with Gasteiger partial charge < -0.3 is 13.9 Å². The number of fused-ring (bicyclic) bond motifs is 9. The summed E-state index contributed by atoms with van der Waals surface area (Å²) >= 11 is 1.87. The van der Waals surface area contributed by atoms with Crippen molar-refractivity contribution in [3.8, 4) is 27.9 Å². The van der Waals surface area contributed by atoms with E-state index in [1.807, 2.05) is 11.3 Å². The largest absolute Gasteiger partial charge is 0.454 e. The molecule has 9 aromatic carbocycles. The number of para-hydroxylation sites is 3. The molecule has 0 radical (unpaired) electrons. The van der Waals surface area contributed by atoms with Crippen LogP contribution in [0.15, 0.2) is 211 Å². The third-order valence-electron chi connectivity index (χ3n) is 11.6. The van der Waals surface area contributed by atoms with Crippen molar-refractivity contribution in [1.29, 1.82) is 0 Å². The van der Waals surface area contributed by atoms with Gasteiger partial charge >= 0.3 is 0 Å². The van der Waals surface area contributed by atoms with Crippen molar-refractivity contribution < 1.29 is 4.42 Å². The lowest BCUT2D eigenvalue weighted by Crippen LogP contribution is -2.10. The van der Waals surface area contributed by atoms with Gasteiger partial charge in [-0.05, 0) is 70.8 Å². The van der Waals surface area contributed by atoms with E-state index in [1.165, 1.54) is 53.2 Å². The van der Waals surface area contributed by atoms with Crippen LogP contribution in [-0.2, 0) is 0 Å². The summed E-state index contributed by atoms with van der Waals surface area (Å²) in [6.45, 7) is 0. The number of anilines is 3. The second-order valence-corrected chi connectivity index (χ2v) is 15.9. The van der Waals surface area contributed by atoms with Crippen LogP contribution in [0.2, 0.25) is 0 Å². The molecule has 3 heterocycles. The van der Waals surface area contributed by atoms with Crippen LogP contribution < -0.4 is 4.90 Å². The normalized spacial score (nSPS) is 11.8. The van der Waals surface area contributed by atoms with Gasteiger partial charge in [0, 0.05) is 54.5 Å². The van der Waals surface area contributed by atoms with Crippen molar-refractivity contribution in [2.75, 3.05) is 4.90 Å². The number of furan rings is 1. The Labute approximate surface area is 338 Å². The zero-order valence-electron chi connectivity index (χ0n) is 31.3. The van der Waals surface area contributed by atoms with Gasteiger partial charge in [-0.3, -0.25) is 0 Å². The van der Waals surface area contributed by atoms with Gasteiger partial charge in [0.15, 0.2) is 5.58 Å². The Kier molecular flexibility index (Phi) is 7.40. The number of aromatic nitrogens is 1. The Morgan fingerprint density at radius 1 is 0.397 bits per heavy atom. The number of rotatable bonds is 6. The van der Waals surface area contributed by atoms with Gasteiger partial charge in [0.05, 0.1) is 27.1 Å². The molecular formula is C54H34N2OS. The highest BCUT2D eigenvalue weighted by Crippen LogP contribution is 2.48. The maximum absolute atomic E-state index is 7.00. The molecule has 272 valence electrons. The first-order chi connectivity index (χ1) is 28.8. The molecule has 0 aliphatic carbocycles. The smallest absolute Gasteiger partial charge is 0.159 e. The lowest BCUT2D eigenvalue weighted by Gasteiger charge is -2.26. The monoisotopic (exact) mass is 758 g/mol. The standard InChI is InChI=1S/C54H34N2OS/c1-3-14-35(15-4-1)36-28-30-38(31-29-36)55(50-27-13-23-46-45-22-11-20-40(53(45)58-54(46)50)37-16-5-2-6-17-37)39-32-33-43-44-21-12-26-49(52(44)57-51(43)34-39)56-47-24-9-7-18-41(47)42-19-8-10-25-48(42)56/h1-34H. The summed E-state index contributed by atoms with van der Waals surface area (Å²) in [5, 5.41) is 7.17. The Balaban J connectivity index is 1.07. The Morgan fingerprint density at radius 3 is 1.71 bits per heavy atom. The minimum atomic E-state index is 0.849. The SMILES string of the molecule is c1ccc(-c2ccc(N(c3ccc4c(c3)oc3c(-n5c6ccccc6c6ccccc65)cccc34)c3cccc4c3sc3c(-c5ccccc5)cccc34)cc2)cc1. The van der Waals surface area contributed by atoms with E-state index >= 15 is 0 Å². The molecule has 12 rings (SSSR count).